The van der Waals surface area contributed by atoms with Crippen molar-refractivity contribution in [1.82, 2.24) is 0 Å². The Morgan fingerprint density at radius 3 is 2.80 bits per heavy atom. The summed E-state index contributed by atoms with van der Waals surface area (Å²) in [6.07, 6.45) is 3.45. The molecule has 15 heavy (non-hydrogen) atoms. The molecule has 0 amide bonds. The van der Waals surface area contributed by atoms with Gasteiger partial charge in [0, 0.05) is 5.56 Å². The molecule has 0 atom stereocenters. The normalized spacial score (nSPS) is 9.93. The van der Waals surface area contributed by atoms with Crippen LogP contribution in [0.4, 0.5) is 0 Å². The Balaban J connectivity index is 2.52. The second-order valence-electron chi connectivity index (χ2n) is 3.13. The highest BCUT2D eigenvalue weighted by Crippen LogP contribution is 2.28. The van der Waals surface area contributed by atoms with E-state index in [2.05, 4.69) is 6.58 Å². The molecule has 0 bridgehead atoms. The summed E-state index contributed by atoms with van der Waals surface area (Å²) in [5, 5.41) is 0. The molecule has 0 saturated carbocycles. The van der Waals surface area contributed by atoms with E-state index in [0.717, 1.165) is 22.6 Å². The minimum atomic E-state index is 0.820. The molecular weight excluding hydrogens is 188 g/mol. The van der Waals surface area contributed by atoms with Crippen LogP contribution in [0.5, 0.6) is 5.75 Å². The van der Waals surface area contributed by atoms with Gasteiger partial charge in [0.25, 0.3) is 0 Å². The quantitative estimate of drug-likeness (QED) is 0.755. The Morgan fingerprint density at radius 2 is 2.20 bits per heavy atom. The van der Waals surface area contributed by atoms with E-state index in [1.54, 1.807) is 19.4 Å². The fraction of sp³-hybridized carbons (Fsp3) is 0.0769. The average Bonchev–Trinajstić information content (AvgIpc) is 2.81. The van der Waals surface area contributed by atoms with Crippen molar-refractivity contribution in [2.45, 2.75) is 0 Å². The first-order valence-electron chi connectivity index (χ1n) is 4.69. The summed E-state index contributed by atoms with van der Waals surface area (Å²) in [6.45, 7) is 3.78. The smallest absolute Gasteiger partial charge is 0.134 e. The lowest BCUT2D eigenvalue weighted by Gasteiger charge is -2.05. The van der Waals surface area contributed by atoms with E-state index < -0.39 is 0 Å². The third-order valence-electron chi connectivity index (χ3n) is 2.27. The minimum absolute atomic E-state index is 0.820. The van der Waals surface area contributed by atoms with Crippen molar-refractivity contribution in [3.63, 3.8) is 0 Å². The van der Waals surface area contributed by atoms with Crippen LogP contribution in [0.3, 0.4) is 0 Å². The number of rotatable bonds is 3. The van der Waals surface area contributed by atoms with E-state index in [9.17, 15) is 0 Å². The summed E-state index contributed by atoms with van der Waals surface area (Å²) < 4.78 is 10.5. The molecule has 76 valence electrons. The molecule has 0 aliphatic carbocycles. The summed E-state index contributed by atoms with van der Waals surface area (Å²) in [6, 6.07) is 9.60. The highest BCUT2D eigenvalue weighted by Gasteiger charge is 2.06. The molecule has 0 N–H and O–H groups in total. The van der Waals surface area contributed by atoms with Crippen molar-refractivity contribution in [2.75, 3.05) is 7.11 Å². The van der Waals surface area contributed by atoms with Crippen LogP contribution in [0.1, 0.15) is 5.56 Å². The Bertz CT molecular complexity index is 455. The second-order valence-corrected chi connectivity index (χ2v) is 3.13. The van der Waals surface area contributed by atoms with Crippen LogP contribution in [0.2, 0.25) is 0 Å². The van der Waals surface area contributed by atoms with Crippen LogP contribution >= 0.6 is 0 Å². The lowest BCUT2D eigenvalue weighted by atomic mass is 10.1. The zero-order valence-corrected chi connectivity index (χ0v) is 8.57. The van der Waals surface area contributed by atoms with Crippen LogP contribution < -0.4 is 4.74 Å². The predicted octanol–water partition coefficient (Wildman–Crippen LogP) is 3.60. The zero-order chi connectivity index (χ0) is 10.7. The second kappa shape index (κ2) is 4.05. The summed E-state index contributed by atoms with van der Waals surface area (Å²) in [5.41, 5.74) is 2.03. The zero-order valence-electron chi connectivity index (χ0n) is 8.57. The van der Waals surface area contributed by atoms with Gasteiger partial charge in [0.15, 0.2) is 0 Å². The lowest BCUT2D eigenvalue weighted by Crippen LogP contribution is -1.86. The van der Waals surface area contributed by atoms with Crippen LogP contribution in [0, 0.1) is 0 Å². The van der Waals surface area contributed by atoms with Crippen molar-refractivity contribution < 1.29 is 9.15 Å². The summed E-state index contributed by atoms with van der Waals surface area (Å²) >= 11 is 0. The molecule has 0 saturated heterocycles. The summed E-state index contributed by atoms with van der Waals surface area (Å²) in [7, 11) is 1.65. The van der Waals surface area contributed by atoms with Crippen LogP contribution in [-0.2, 0) is 0 Å². The molecule has 1 aromatic heterocycles. The fourth-order valence-corrected chi connectivity index (χ4v) is 1.49. The maximum Gasteiger partial charge on any atom is 0.134 e. The molecule has 2 heteroatoms. The molecule has 0 aliphatic heterocycles. The highest BCUT2D eigenvalue weighted by molar-refractivity contribution is 5.72. The first-order chi connectivity index (χ1) is 7.35. The molecule has 0 radical (unpaired) electrons. The van der Waals surface area contributed by atoms with E-state index in [-0.39, 0.29) is 0 Å². The van der Waals surface area contributed by atoms with Gasteiger partial charge in [-0.3, -0.25) is 0 Å². The van der Waals surface area contributed by atoms with Gasteiger partial charge >= 0.3 is 0 Å². The maximum absolute atomic E-state index is 5.35. The van der Waals surface area contributed by atoms with Crippen molar-refractivity contribution in [3.8, 4) is 17.1 Å². The van der Waals surface area contributed by atoms with Crippen molar-refractivity contribution >= 4 is 6.08 Å². The number of furan rings is 1. The van der Waals surface area contributed by atoms with Crippen LogP contribution in [0.15, 0.2) is 47.6 Å². The molecule has 2 nitrogen and oxygen atoms in total. The van der Waals surface area contributed by atoms with E-state index >= 15 is 0 Å². The Hall–Kier alpha value is -1.96. The largest absolute Gasteiger partial charge is 0.497 e. The van der Waals surface area contributed by atoms with E-state index in [1.165, 1.54) is 0 Å². The van der Waals surface area contributed by atoms with Crippen molar-refractivity contribution in [3.05, 3.63) is 48.7 Å². The van der Waals surface area contributed by atoms with Gasteiger partial charge in [-0.05, 0) is 35.9 Å². The third-order valence-corrected chi connectivity index (χ3v) is 2.27. The summed E-state index contributed by atoms with van der Waals surface area (Å²) in [4.78, 5) is 0. The molecule has 2 aromatic rings. The fourth-order valence-electron chi connectivity index (χ4n) is 1.49. The van der Waals surface area contributed by atoms with E-state index in [4.69, 9.17) is 9.15 Å². The monoisotopic (exact) mass is 200 g/mol. The van der Waals surface area contributed by atoms with Crippen LogP contribution in [0.25, 0.3) is 17.4 Å². The molecule has 2 rings (SSSR count). The topological polar surface area (TPSA) is 22.4 Å². The Kier molecular flexibility index (Phi) is 2.59. The molecule has 1 aromatic carbocycles. The lowest BCUT2D eigenvalue weighted by molar-refractivity contribution is 0.414. The van der Waals surface area contributed by atoms with E-state index in [0.29, 0.717) is 0 Å². The number of methoxy groups -OCH3 is 1. The average molecular weight is 200 g/mol. The standard InChI is InChI=1S/C13H12O2/c1-3-10-9-11(14-2)6-7-12(10)13-5-4-8-15-13/h3-9H,1H2,2H3. The molecular formula is C13H12O2. The van der Waals surface area contributed by atoms with Gasteiger partial charge < -0.3 is 9.15 Å². The van der Waals surface area contributed by atoms with Gasteiger partial charge in [0.1, 0.15) is 11.5 Å². The third kappa shape index (κ3) is 1.79. The van der Waals surface area contributed by atoms with Crippen LogP contribution in [-0.4, -0.2) is 7.11 Å². The Labute approximate surface area is 88.8 Å². The number of benzene rings is 1. The molecule has 0 unspecified atom stereocenters. The van der Waals surface area contributed by atoms with Gasteiger partial charge in [0.2, 0.25) is 0 Å². The van der Waals surface area contributed by atoms with Gasteiger partial charge in [-0.25, -0.2) is 0 Å². The van der Waals surface area contributed by atoms with Gasteiger partial charge in [-0.15, -0.1) is 0 Å². The molecule has 1 heterocycles. The highest BCUT2D eigenvalue weighted by atomic mass is 16.5. The van der Waals surface area contributed by atoms with Gasteiger partial charge in [-0.2, -0.15) is 0 Å². The maximum atomic E-state index is 5.35. The molecule has 0 fully saturated rings. The molecule has 0 aliphatic rings. The first-order valence-corrected chi connectivity index (χ1v) is 4.69. The number of hydrogen-bond donors (Lipinski definition) is 0. The number of hydrogen-bond acceptors (Lipinski definition) is 2. The summed E-state index contributed by atoms with van der Waals surface area (Å²) in [5.74, 6) is 1.66. The first kappa shape index (κ1) is 9.59. The SMILES string of the molecule is C=Cc1cc(OC)ccc1-c1ccco1. The van der Waals surface area contributed by atoms with Gasteiger partial charge in [0.05, 0.1) is 13.4 Å². The van der Waals surface area contributed by atoms with Gasteiger partial charge in [-0.1, -0.05) is 12.7 Å². The molecule has 0 spiro atoms. The predicted molar refractivity (Wildman–Crippen MR) is 60.8 cm³/mol. The van der Waals surface area contributed by atoms with Crippen molar-refractivity contribution in [2.24, 2.45) is 0 Å². The number of ether oxygens (including phenoxy) is 1. The van der Waals surface area contributed by atoms with E-state index in [1.807, 2.05) is 30.3 Å². The minimum Gasteiger partial charge on any atom is -0.497 e. The Morgan fingerprint density at radius 1 is 1.33 bits per heavy atom. The van der Waals surface area contributed by atoms with Crippen molar-refractivity contribution in [1.29, 1.82) is 0 Å².